The number of rotatable bonds is 1. The van der Waals surface area contributed by atoms with Crippen molar-refractivity contribution < 1.29 is 0 Å². The first-order valence-electron chi connectivity index (χ1n) is 4.04. The molecule has 1 aromatic carbocycles. The van der Waals surface area contributed by atoms with Gasteiger partial charge in [0.2, 0.25) is 0 Å². The number of halogens is 2. The molecule has 0 aliphatic heterocycles. The molecule has 0 unspecified atom stereocenters. The van der Waals surface area contributed by atoms with Gasteiger partial charge in [0, 0.05) is 17.0 Å². The molecular formula is C9H8BrClN2. The zero-order chi connectivity index (χ0) is 9.42. The molecule has 1 heterocycles. The van der Waals surface area contributed by atoms with Gasteiger partial charge in [-0.25, -0.2) is 0 Å². The van der Waals surface area contributed by atoms with E-state index in [9.17, 15) is 0 Å². The summed E-state index contributed by atoms with van der Waals surface area (Å²) in [5.74, 6) is 0. The fourth-order valence-corrected chi connectivity index (χ4v) is 2.10. The standard InChI is InChI=1S/C9H8BrClN2/c1-2-13-9(10)7-5-6(11)3-4-8(7)12-13/h3-5H,2H2,1H3. The summed E-state index contributed by atoms with van der Waals surface area (Å²) in [5.41, 5.74) is 0.970. The first-order valence-corrected chi connectivity index (χ1v) is 5.21. The summed E-state index contributed by atoms with van der Waals surface area (Å²) in [6.07, 6.45) is 0. The van der Waals surface area contributed by atoms with Crippen LogP contribution < -0.4 is 0 Å². The van der Waals surface area contributed by atoms with Crippen LogP contribution in [-0.4, -0.2) is 9.78 Å². The van der Waals surface area contributed by atoms with Gasteiger partial charge in [0.25, 0.3) is 0 Å². The van der Waals surface area contributed by atoms with Crippen molar-refractivity contribution in [3.63, 3.8) is 0 Å². The first-order chi connectivity index (χ1) is 6.22. The van der Waals surface area contributed by atoms with E-state index >= 15 is 0 Å². The summed E-state index contributed by atoms with van der Waals surface area (Å²) in [6.45, 7) is 2.91. The first kappa shape index (κ1) is 9.03. The van der Waals surface area contributed by atoms with Crippen molar-refractivity contribution in [1.82, 2.24) is 9.78 Å². The fraction of sp³-hybridized carbons (Fsp3) is 0.222. The third-order valence-electron chi connectivity index (χ3n) is 1.94. The maximum Gasteiger partial charge on any atom is 0.111 e. The summed E-state index contributed by atoms with van der Waals surface area (Å²) in [5, 5.41) is 6.19. The Morgan fingerprint density at radius 2 is 2.31 bits per heavy atom. The van der Waals surface area contributed by atoms with Crippen LogP contribution in [0.25, 0.3) is 10.9 Å². The van der Waals surface area contributed by atoms with Crippen LogP contribution in [0.1, 0.15) is 6.92 Å². The van der Waals surface area contributed by atoms with Crippen molar-refractivity contribution in [2.45, 2.75) is 13.5 Å². The smallest absolute Gasteiger partial charge is 0.111 e. The molecule has 0 bridgehead atoms. The number of hydrogen-bond acceptors (Lipinski definition) is 1. The maximum absolute atomic E-state index is 5.89. The Hall–Kier alpha value is -0.540. The number of benzene rings is 1. The third kappa shape index (κ3) is 1.46. The molecule has 0 aliphatic carbocycles. The van der Waals surface area contributed by atoms with E-state index in [2.05, 4.69) is 28.0 Å². The molecule has 0 fully saturated rings. The van der Waals surface area contributed by atoms with Crippen LogP contribution >= 0.6 is 27.5 Å². The lowest BCUT2D eigenvalue weighted by molar-refractivity contribution is 0.653. The molecule has 0 saturated carbocycles. The summed E-state index contributed by atoms with van der Waals surface area (Å²) >= 11 is 9.37. The molecule has 2 nitrogen and oxygen atoms in total. The summed E-state index contributed by atoms with van der Waals surface area (Å²) in [6, 6.07) is 5.69. The quantitative estimate of drug-likeness (QED) is 0.767. The summed E-state index contributed by atoms with van der Waals surface area (Å²) in [7, 11) is 0. The fourth-order valence-electron chi connectivity index (χ4n) is 1.28. The Labute approximate surface area is 89.6 Å². The lowest BCUT2D eigenvalue weighted by Gasteiger charge is -1.94. The molecule has 0 aliphatic rings. The second-order valence-electron chi connectivity index (χ2n) is 2.77. The average molecular weight is 260 g/mol. The minimum Gasteiger partial charge on any atom is -0.258 e. The second-order valence-corrected chi connectivity index (χ2v) is 3.96. The largest absolute Gasteiger partial charge is 0.258 e. The molecule has 0 saturated heterocycles. The number of nitrogens with zero attached hydrogens (tertiary/aromatic N) is 2. The normalized spacial score (nSPS) is 11.0. The van der Waals surface area contributed by atoms with Crippen LogP contribution in [0.3, 0.4) is 0 Å². The van der Waals surface area contributed by atoms with Crippen molar-refractivity contribution >= 4 is 38.4 Å². The van der Waals surface area contributed by atoms with Crippen molar-refractivity contribution in [3.8, 4) is 0 Å². The van der Waals surface area contributed by atoms with Crippen molar-refractivity contribution in [3.05, 3.63) is 27.8 Å². The van der Waals surface area contributed by atoms with Gasteiger partial charge in [-0.2, -0.15) is 5.10 Å². The molecule has 0 spiro atoms. The maximum atomic E-state index is 5.89. The summed E-state index contributed by atoms with van der Waals surface area (Å²) in [4.78, 5) is 0. The van der Waals surface area contributed by atoms with Crippen LogP contribution in [0.15, 0.2) is 22.8 Å². The lowest BCUT2D eigenvalue weighted by Crippen LogP contribution is -1.95. The van der Waals surface area contributed by atoms with Crippen molar-refractivity contribution in [2.75, 3.05) is 0 Å². The van der Waals surface area contributed by atoms with E-state index in [0.717, 1.165) is 27.1 Å². The minimum atomic E-state index is 0.740. The molecule has 13 heavy (non-hydrogen) atoms. The van der Waals surface area contributed by atoms with Crippen LogP contribution in [0.4, 0.5) is 0 Å². The molecule has 2 rings (SSSR count). The van der Waals surface area contributed by atoms with Crippen LogP contribution in [0, 0.1) is 0 Å². The Morgan fingerprint density at radius 1 is 1.54 bits per heavy atom. The van der Waals surface area contributed by atoms with Gasteiger partial charge in [-0.1, -0.05) is 11.6 Å². The van der Waals surface area contributed by atoms with Gasteiger partial charge in [-0.15, -0.1) is 0 Å². The minimum absolute atomic E-state index is 0.740. The van der Waals surface area contributed by atoms with Crippen molar-refractivity contribution in [2.24, 2.45) is 0 Å². The van der Waals surface area contributed by atoms with Crippen LogP contribution in [0.5, 0.6) is 0 Å². The Kier molecular flexibility index (Phi) is 2.30. The van der Waals surface area contributed by atoms with E-state index in [1.807, 2.05) is 22.9 Å². The molecule has 4 heteroatoms. The molecule has 2 aromatic rings. The molecule has 68 valence electrons. The topological polar surface area (TPSA) is 17.8 Å². The van der Waals surface area contributed by atoms with E-state index in [1.54, 1.807) is 0 Å². The second kappa shape index (κ2) is 3.31. The summed E-state index contributed by atoms with van der Waals surface area (Å²) < 4.78 is 2.90. The highest BCUT2D eigenvalue weighted by Gasteiger charge is 2.06. The van der Waals surface area contributed by atoms with Gasteiger partial charge in [0.1, 0.15) is 4.60 Å². The number of fused-ring (bicyclic) bond motifs is 1. The SMILES string of the molecule is CCn1nc2ccc(Cl)cc2c1Br. The molecule has 0 amide bonds. The predicted molar refractivity (Wildman–Crippen MR) is 58.1 cm³/mol. The van der Waals surface area contributed by atoms with Gasteiger partial charge < -0.3 is 0 Å². The predicted octanol–water partition coefficient (Wildman–Crippen LogP) is 3.47. The molecule has 0 atom stereocenters. The number of aromatic nitrogens is 2. The Morgan fingerprint density at radius 3 is 3.00 bits per heavy atom. The van der Waals surface area contributed by atoms with E-state index in [-0.39, 0.29) is 0 Å². The van der Waals surface area contributed by atoms with E-state index < -0.39 is 0 Å². The van der Waals surface area contributed by atoms with Gasteiger partial charge >= 0.3 is 0 Å². The van der Waals surface area contributed by atoms with Gasteiger partial charge in [-0.05, 0) is 41.1 Å². The highest BCUT2D eigenvalue weighted by molar-refractivity contribution is 9.10. The Balaban J connectivity index is 2.77. The average Bonchev–Trinajstić information content (AvgIpc) is 2.44. The highest BCUT2D eigenvalue weighted by Crippen LogP contribution is 2.26. The van der Waals surface area contributed by atoms with Gasteiger partial charge in [-0.3, -0.25) is 4.68 Å². The number of hydrogen-bond donors (Lipinski definition) is 0. The zero-order valence-electron chi connectivity index (χ0n) is 7.09. The molecule has 0 radical (unpaired) electrons. The highest BCUT2D eigenvalue weighted by atomic mass is 79.9. The van der Waals surface area contributed by atoms with Gasteiger partial charge in [0.05, 0.1) is 5.52 Å². The molecular weight excluding hydrogens is 251 g/mol. The van der Waals surface area contributed by atoms with E-state index in [4.69, 9.17) is 11.6 Å². The molecule has 1 aromatic heterocycles. The molecule has 0 N–H and O–H groups in total. The Bertz CT molecular complexity index is 450. The monoisotopic (exact) mass is 258 g/mol. The van der Waals surface area contributed by atoms with Crippen molar-refractivity contribution in [1.29, 1.82) is 0 Å². The van der Waals surface area contributed by atoms with E-state index in [0.29, 0.717) is 0 Å². The van der Waals surface area contributed by atoms with E-state index in [1.165, 1.54) is 0 Å². The zero-order valence-corrected chi connectivity index (χ0v) is 9.43. The number of aryl methyl sites for hydroxylation is 1. The third-order valence-corrected chi connectivity index (χ3v) is 3.01. The van der Waals surface area contributed by atoms with Crippen LogP contribution in [0.2, 0.25) is 5.02 Å². The lowest BCUT2D eigenvalue weighted by atomic mass is 10.3. The van der Waals surface area contributed by atoms with Crippen LogP contribution in [-0.2, 0) is 6.54 Å². The van der Waals surface area contributed by atoms with Gasteiger partial charge in [0.15, 0.2) is 0 Å².